The van der Waals surface area contributed by atoms with Crippen LogP contribution in [0.5, 0.6) is 0 Å². The van der Waals surface area contributed by atoms with Gasteiger partial charge in [0, 0.05) is 12.0 Å². The van der Waals surface area contributed by atoms with Crippen molar-refractivity contribution in [1.82, 2.24) is 5.32 Å². The van der Waals surface area contributed by atoms with E-state index in [0.29, 0.717) is 12.8 Å². The van der Waals surface area contributed by atoms with E-state index in [1.54, 1.807) is 19.1 Å². The van der Waals surface area contributed by atoms with Gasteiger partial charge in [0.2, 0.25) is 0 Å². The summed E-state index contributed by atoms with van der Waals surface area (Å²) in [6.07, 6.45) is 1.08. The van der Waals surface area contributed by atoms with Crippen LogP contribution in [0, 0.1) is 5.82 Å². The van der Waals surface area contributed by atoms with Crippen LogP contribution in [0.15, 0.2) is 18.2 Å². The van der Waals surface area contributed by atoms with E-state index in [1.165, 1.54) is 6.07 Å². The van der Waals surface area contributed by atoms with E-state index >= 15 is 0 Å². The minimum atomic E-state index is -0.834. The highest BCUT2D eigenvalue weighted by Crippen LogP contribution is 2.21. The van der Waals surface area contributed by atoms with Crippen LogP contribution in [0.4, 0.5) is 4.39 Å². The van der Waals surface area contributed by atoms with Gasteiger partial charge in [-0.25, -0.2) is 4.39 Å². The maximum Gasteiger partial charge on any atom is 0.141 e. The highest BCUT2D eigenvalue weighted by molar-refractivity contribution is 6.30. The van der Waals surface area contributed by atoms with Crippen LogP contribution in [0.3, 0.4) is 0 Å². The van der Waals surface area contributed by atoms with E-state index in [1.807, 2.05) is 0 Å². The number of hydrogen-bond acceptors (Lipinski definition) is 2. The van der Waals surface area contributed by atoms with Crippen molar-refractivity contribution in [1.29, 1.82) is 0 Å². The van der Waals surface area contributed by atoms with E-state index in [9.17, 15) is 9.50 Å². The van der Waals surface area contributed by atoms with Crippen molar-refractivity contribution in [3.63, 3.8) is 0 Å². The van der Waals surface area contributed by atoms with Crippen molar-refractivity contribution < 1.29 is 9.50 Å². The number of hydrogen-bond donors (Lipinski definition) is 2. The molecule has 1 unspecified atom stereocenters. The Morgan fingerprint density at radius 3 is 2.42 bits per heavy atom. The third-order valence-electron chi connectivity index (χ3n) is 2.89. The average molecular weight is 288 g/mol. The molecule has 0 aliphatic carbocycles. The van der Waals surface area contributed by atoms with Gasteiger partial charge in [0.05, 0.1) is 10.6 Å². The molecule has 4 heteroatoms. The third-order valence-corrected chi connectivity index (χ3v) is 3.18. The lowest BCUT2D eigenvalue weighted by atomic mass is 9.93. The topological polar surface area (TPSA) is 32.3 Å². The second-order valence-electron chi connectivity index (χ2n) is 6.35. The molecule has 0 bridgehead atoms. The van der Waals surface area contributed by atoms with Crippen molar-refractivity contribution in [2.75, 3.05) is 6.54 Å². The summed E-state index contributed by atoms with van der Waals surface area (Å²) in [7, 11) is 0. The summed E-state index contributed by atoms with van der Waals surface area (Å²) in [5, 5.41) is 13.8. The second kappa shape index (κ2) is 6.21. The van der Waals surface area contributed by atoms with Crippen molar-refractivity contribution in [3.05, 3.63) is 34.6 Å². The number of aliphatic hydroxyl groups is 1. The van der Waals surface area contributed by atoms with E-state index in [0.717, 1.165) is 12.1 Å². The zero-order valence-electron chi connectivity index (χ0n) is 12.1. The van der Waals surface area contributed by atoms with Crippen LogP contribution in [-0.2, 0) is 6.42 Å². The zero-order valence-corrected chi connectivity index (χ0v) is 12.8. The number of benzene rings is 1. The molecular formula is C15H23ClFNO. The molecule has 0 aliphatic rings. The first kappa shape index (κ1) is 16.4. The monoisotopic (exact) mass is 287 g/mol. The van der Waals surface area contributed by atoms with E-state index < -0.39 is 11.4 Å². The molecule has 0 heterocycles. The fourth-order valence-corrected chi connectivity index (χ4v) is 2.09. The molecule has 0 aromatic heterocycles. The van der Waals surface area contributed by atoms with E-state index in [4.69, 9.17) is 11.6 Å². The fourth-order valence-electron chi connectivity index (χ4n) is 1.88. The van der Waals surface area contributed by atoms with Crippen LogP contribution >= 0.6 is 11.6 Å². The Bertz CT molecular complexity index is 427. The normalized spacial score (nSPS) is 15.3. The van der Waals surface area contributed by atoms with Gasteiger partial charge in [0.1, 0.15) is 5.82 Å². The molecule has 2 N–H and O–H groups in total. The largest absolute Gasteiger partial charge is 0.390 e. The lowest BCUT2D eigenvalue weighted by Crippen LogP contribution is -2.40. The number of nitrogens with one attached hydrogen (secondary N) is 1. The van der Waals surface area contributed by atoms with Crippen molar-refractivity contribution in [2.45, 2.75) is 51.7 Å². The Morgan fingerprint density at radius 2 is 1.89 bits per heavy atom. The van der Waals surface area contributed by atoms with Crippen molar-refractivity contribution in [2.24, 2.45) is 0 Å². The minimum Gasteiger partial charge on any atom is -0.390 e. The summed E-state index contributed by atoms with van der Waals surface area (Å²) in [5.41, 5.74) is 0.0430. The molecule has 2 nitrogen and oxygen atoms in total. The van der Waals surface area contributed by atoms with E-state index in [-0.39, 0.29) is 10.6 Å². The SMILES string of the molecule is CC(O)(CCNC(C)(C)C)Cc1ccc(F)c(Cl)c1. The predicted molar refractivity (Wildman–Crippen MR) is 78.1 cm³/mol. The number of rotatable bonds is 5. The van der Waals surface area contributed by atoms with Gasteiger partial charge in [0.25, 0.3) is 0 Å². The summed E-state index contributed by atoms with van der Waals surface area (Å²) in [5.74, 6) is -0.431. The van der Waals surface area contributed by atoms with Gasteiger partial charge in [-0.05, 0) is 58.4 Å². The van der Waals surface area contributed by atoms with Crippen molar-refractivity contribution >= 4 is 11.6 Å². The maximum atomic E-state index is 13.1. The first-order valence-electron chi connectivity index (χ1n) is 6.50. The standard InChI is InChI=1S/C15H23ClFNO/c1-14(2,3)18-8-7-15(4,19)10-11-5-6-13(17)12(16)9-11/h5-6,9,18-19H,7-8,10H2,1-4H3. The maximum absolute atomic E-state index is 13.1. The highest BCUT2D eigenvalue weighted by Gasteiger charge is 2.22. The summed E-state index contributed by atoms with van der Waals surface area (Å²) in [6.45, 7) is 8.77. The highest BCUT2D eigenvalue weighted by atomic mass is 35.5. The van der Waals surface area contributed by atoms with Crippen LogP contribution in [0.2, 0.25) is 5.02 Å². The van der Waals surface area contributed by atoms with Crippen LogP contribution in [0.1, 0.15) is 39.7 Å². The first-order valence-corrected chi connectivity index (χ1v) is 6.88. The Hall–Kier alpha value is -0.640. The van der Waals surface area contributed by atoms with Gasteiger partial charge in [-0.2, -0.15) is 0 Å². The van der Waals surface area contributed by atoms with Crippen LogP contribution in [0.25, 0.3) is 0 Å². The molecule has 1 aromatic carbocycles. The van der Waals surface area contributed by atoms with Gasteiger partial charge in [0.15, 0.2) is 0 Å². The molecule has 0 aliphatic heterocycles. The molecule has 1 aromatic rings. The van der Waals surface area contributed by atoms with Gasteiger partial charge in [-0.15, -0.1) is 0 Å². The molecular weight excluding hydrogens is 265 g/mol. The lowest BCUT2D eigenvalue weighted by Gasteiger charge is -2.27. The Kier molecular flexibility index (Phi) is 5.36. The lowest BCUT2D eigenvalue weighted by molar-refractivity contribution is 0.0499. The molecule has 0 saturated carbocycles. The summed E-state index contributed by atoms with van der Waals surface area (Å²) < 4.78 is 13.1. The molecule has 0 saturated heterocycles. The first-order chi connectivity index (χ1) is 8.59. The molecule has 0 radical (unpaired) electrons. The van der Waals surface area contributed by atoms with Gasteiger partial charge in [-0.1, -0.05) is 17.7 Å². The Morgan fingerprint density at radius 1 is 1.26 bits per heavy atom. The number of halogens is 2. The zero-order chi connectivity index (χ0) is 14.7. The molecule has 0 amide bonds. The predicted octanol–water partition coefficient (Wildman–Crippen LogP) is 3.55. The summed E-state index contributed by atoms with van der Waals surface area (Å²) >= 11 is 5.74. The molecule has 19 heavy (non-hydrogen) atoms. The third kappa shape index (κ3) is 6.37. The molecule has 1 rings (SSSR count). The van der Waals surface area contributed by atoms with Crippen LogP contribution < -0.4 is 5.32 Å². The average Bonchev–Trinajstić information content (AvgIpc) is 2.20. The molecule has 108 valence electrons. The minimum absolute atomic E-state index is 0.0370. The van der Waals surface area contributed by atoms with Gasteiger partial charge < -0.3 is 10.4 Å². The van der Waals surface area contributed by atoms with Crippen LogP contribution in [-0.4, -0.2) is 22.8 Å². The molecule has 1 atom stereocenters. The molecule has 0 fully saturated rings. The van der Waals surface area contributed by atoms with E-state index in [2.05, 4.69) is 26.1 Å². The molecule has 0 spiro atoms. The summed E-state index contributed by atoms with van der Waals surface area (Å²) in [6, 6.07) is 4.57. The fraction of sp³-hybridized carbons (Fsp3) is 0.600. The summed E-state index contributed by atoms with van der Waals surface area (Å²) in [4.78, 5) is 0. The smallest absolute Gasteiger partial charge is 0.141 e. The second-order valence-corrected chi connectivity index (χ2v) is 6.76. The van der Waals surface area contributed by atoms with Gasteiger partial charge in [-0.3, -0.25) is 0 Å². The quantitative estimate of drug-likeness (QED) is 0.868. The Balaban J connectivity index is 2.56. The Labute approximate surface area is 120 Å². The van der Waals surface area contributed by atoms with Crippen molar-refractivity contribution in [3.8, 4) is 0 Å². The van der Waals surface area contributed by atoms with Gasteiger partial charge >= 0.3 is 0 Å².